The van der Waals surface area contributed by atoms with Crippen molar-refractivity contribution < 1.29 is 14.7 Å². The van der Waals surface area contributed by atoms with E-state index in [0.29, 0.717) is 13.0 Å². The Kier molecular flexibility index (Phi) is 6.66. The molecule has 6 heteroatoms. The number of phenols is 1. The van der Waals surface area contributed by atoms with E-state index in [1.165, 1.54) is 6.92 Å². The molecule has 0 saturated carbocycles. The van der Waals surface area contributed by atoms with Gasteiger partial charge in [0, 0.05) is 31.9 Å². The van der Waals surface area contributed by atoms with Crippen LogP contribution in [-0.2, 0) is 16.0 Å². The first-order valence-electron chi connectivity index (χ1n) is 9.61. The maximum atomic E-state index is 12.5. The Morgan fingerprint density at radius 2 is 1.64 bits per heavy atom. The van der Waals surface area contributed by atoms with Crippen LogP contribution in [0.4, 0.5) is 5.69 Å². The van der Waals surface area contributed by atoms with Crippen LogP contribution in [0.1, 0.15) is 12.5 Å². The molecular weight excluding hydrogens is 354 g/mol. The second-order valence-corrected chi connectivity index (χ2v) is 7.20. The van der Waals surface area contributed by atoms with Gasteiger partial charge in [0.15, 0.2) is 5.78 Å². The number of phenolic OH excluding ortho intramolecular Hbond substituents is 1. The molecule has 1 saturated heterocycles. The Morgan fingerprint density at radius 3 is 2.25 bits per heavy atom. The van der Waals surface area contributed by atoms with Crippen molar-refractivity contribution in [2.24, 2.45) is 0 Å². The summed E-state index contributed by atoms with van der Waals surface area (Å²) in [7, 11) is 0. The van der Waals surface area contributed by atoms with Gasteiger partial charge in [-0.2, -0.15) is 0 Å². The first kappa shape index (κ1) is 19.9. The number of Topliss-reactive ketones (excluding diaryl/α,β-unsaturated/α-hetero) is 1. The minimum atomic E-state index is -0.492. The largest absolute Gasteiger partial charge is 0.508 e. The number of hydrogen-bond acceptors (Lipinski definition) is 5. The van der Waals surface area contributed by atoms with Gasteiger partial charge in [-0.25, -0.2) is 0 Å². The van der Waals surface area contributed by atoms with Gasteiger partial charge in [0.2, 0.25) is 5.91 Å². The molecule has 0 aliphatic carbocycles. The van der Waals surface area contributed by atoms with Crippen LogP contribution in [0.25, 0.3) is 0 Å². The molecular formula is C22H27N3O3. The first-order valence-corrected chi connectivity index (χ1v) is 9.61. The predicted octanol–water partition coefficient (Wildman–Crippen LogP) is 1.83. The molecule has 2 N–H and O–H groups in total. The summed E-state index contributed by atoms with van der Waals surface area (Å²) < 4.78 is 0. The third-order valence-electron chi connectivity index (χ3n) is 5.06. The van der Waals surface area contributed by atoms with Gasteiger partial charge in [-0.3, -0.25) is 14.5 Å². The fourth-order valence-corrected chi connectivity index (χ4v) is 3.42. The highest BCUT2D eigenvalue weighted by Gasteiger charge is 2.22. The lowest BCUT2D eigenvalue weighted by Crippen LogP contribution is -2.51. The number of aromatic hydroxyl groups is 1. The van der Waals surface area contributed by atoms with E-state index in [-0.39, 0.29) is 17.4 Å². The van der Waals surface area contributed by atoms with Gasteiger partial charge >= 0.3 is 0 Å². The molecule has 1 atom stereocenters. The minimum absolute atomic E-state index is 0.0330. The SMILES string of the molecule is CC(=O)[C@@H](Cc1ccccc1)NC(=O)CN1CCN(c2ccc(O)cc2)CC1. The van der Waals surface area contributed by atoms with Gasteiger partial charge in [-0.15, -0.1) is 0 Å². The summed E-state index contributed by atoms with van der Waals surface area (Å²) in [6.07, 6.45) is 0.510. The van der Waals surface area contributed by atoms with Crippen molar-refractivity contribution in [2.45, 2.75) is 19.4 Å². The Labute approximate surface area is 165 Å². The zero-order chi connectivity index (χ0) is 19.9. The number of ketones is 1. The van der Waals surface area contributed by atoms with Gasteiger partial charge < -0.3 is 15.3 Å². The molecule has 0 bridgehead atoms. The van der Waals surface area contributed by atoms with Crippen molar-refractivity contribution in [2.75, 3.05) is 37.6 Å². The van der Waals surface area contributed by atoms with Crippen molar-refractivity contribution in [3.8, 4) is 5.75 Å². The molecule has 2 aromatic carbocycles. The Morgan fingerprint density at radius 1 is 1.00 bits per heavy atom. The number of piperazine rings is 1. The standard InChI is InChI=1S/C22H27N3O3/c1-17(26)21(15-18-5-3-2-4-6-18)23-22(28)16-24-11-13-25(14-12-24)19-7-9-20(27)10-8-19/h2-10,21,27H,11-16H2,1H3,(H,23,28)/t21-/m1/s1. The number of nitrogens with zero attached hydrogens (tertiary/aromatic N) is 2. The van der Waals surface area contributed by atoms with Crippen molar-refractivity contribution in [3.63, 3.8) is 0 Å². The van der Waals surface area contributed by atoms with Crippen LogP contribution in [0.15, 0.2) is 54.6 Å². The van der Waals surface area contributed by atoms with Crippen LogP contribution in [0.3, 0.4) is 0 Å². The lowest BCUT2D eigenvalue weighted by atomic mass is 10.0. The molecule has 2 aromatic rings. The number of carbonyl (C=O) groups is 2. The van der Waals surface area contributed by atoms with E-state index in [0.717, 1.165) is 37.4 Å². The smallest absolute Gasteiger partial charge is 0.234 e. The molecule has 6 nitrogen and oxygen atoms in total. The van der Waals surface area contributed by atoms with E-state index < -0.39 is 6.04 Å². The minimum Gasteiger partial charge on any atom is -0.508 e. The number of rotatable bonds is 7. The van der Waals surface area contributed by atoms with Crippen LogP contribution >= 0.6 is 0 Å². The molecule has 0 radical (unpaired) electrons. The maximum absolute atomic E-state index is 12.5. The fraction of sp³-hybridized carbons (Fsp3) is 0.364. The van der Waals surface area contributed by atoms with Crippen LogP contribution in [-0.4, -0.2) is 60.5 Å². The van der Waals surface area contributed by atoms with Crippen molar-refractivity contribution in [3.05, 3.63) is 60.2 Å². The van der Waals surface area contributed by atoms with Gasteiger partial charge in [0.05, 0.1) is 12.6 Å². The molecule has 0 unspecified atom stereocenters. The molecule has 0 aromatic heterocycles. The van der Waals surface area contributed by atoms with E-state index in [9.17, 15) is 14.7 Å². The Hall–Kier alpha value is -2.86. The predicted molar refractivity (Wildman–Crippen MR) is 110 cm³/mol. The summed E-state index contributed by atoms with van der Waals surface area (Å²) in [5.41, 5.74) is 2.10. The Bertz CT molecular complexity index is 784. The van der Waals surface area contributed by atoms with Crippen LogP contribution in [0.2, 0.25) is 0 Å². The highest BCUT2D eigenvalue weighted by molar-refractivity contribution is 5.88. The third-order valence-corrected chi connectivity index (χ3v) is 5.06. The normalized spacial score (nSPS) is 15.8. The average molecular weight is 381 g/mol. The van der Waals surface area contributed by atoms with Gasteiger partial charge in [0.25, 0.3) is 0 Å². The second-order valence-electron chi connectivity index (χ2n) is 7.20. The third kappa shape index (κ3) is 5.57. The highest BCUT2D eigenvalue weighted by atomic mass is 16.3. The monoisotopic (exact) mass is 381 g/mol. The quantitative estimate of drug-likeness (QED) is 0.766. The lowest BCUT2D eigenvalue weighted by molar-refractivity contribution is -0.127. The van der Waals surface area contributed by atoms with E-state index in [1.54, 1.807) is 12.1 Å². The Balaban J connectivity index is 1.48. The fourth-order valence-electron chi connectivity index (χ4n) is 3.42. The topological polar surface area (TPSA) is 72.9 Å². The lowest BCUT2D eigenvalue weighted by Gasteiger charge is -2.35. The van der Waals surface area contributed by atoms with Crippen LogP contribution < -0.4 is 10.2 Å². The summed E-state index contributed by atoms with van der Waals surface area (Å²) in [6.45, 7) is 5.00. The maximum Gasteiger partial charge on any atom is 0.234 e. The first-order chi connectivity index (χ1) is 13.5. The number of amides is 1. The van der Waals surface area contributed by atoms with E-state index in [1.807, 2.05) is 42.5 Å². The van der Waals surface area contributed by atoms with Gasteiger partial charge in [-0.05, 0) is 43.2 Å². The molecule has 1 aliphatic heterocycles. The molecule has 0 spiro atoms. The summed E-state index contributed by atoms with van der Waals surface area (Å²) in [6, 6.07) is 16.4. The molecule has 1 heterocycles. The number of hydrogen-bond donors (Lipinski definition) is 2. The number of carbonyl (C=O) groups excluding carboxylic acids is 2. The zero-order valence-electron chi connectivity index (χ0n) is 16.2. The molecule has 28 heavy (non-hydrogen) atoms. The summed E-state index contributed by atoms with van der Waals surface area (Å²) >= 11 is 0. The summed E-state index contributed by atoms with van der Waals surface area (Å²) in [5.74, 6) is 0.109. The van der Waals surface area contributed by atoms with Crippen molar-refractivity contribution in [1.82, 2.24) is 10.2 Å². The van der Waals surface area contributed by atoms with Crippen molar-refractivity contribution in [1.29, 1.82) is 0 Å². The summed E-state index contributed by atoms with van der Waals surface area (Å²) in [4.78, 5) is 28.7. The van der Waals surface area contributed by atoms with Gasteiger partial charge in [-0.1, -0.05) is 30.3 Å². The van der Waals surface area contributed by atoms with Crippen molar-refractivity contribution >= 4 is 17.4 Å². The van der Waals surface area contributed by atoms with Crippen LogP contribution in [0, 0.1) is 0 Å². The average Bonchev–Trinajstić information content (AvgIpc) is 2.69. The number of benzene rings is 2. The molecule has 3 rings (SSSR count). The zero-order valence-corrected chi connectivity index (χ0v) is 16.2. The molecule has 1 amide bonds. The summed E-state index contributed by atoms with van der Waals surface area (Å²) in [5, 5.41) is 12.3. The molecule has 1 aliphatic rings. The molecule has 1 fully saturated rings. The second kappa shape index (κ2) is 9.37. The van der Waals surface area contributed by atoms with E-state index in [2.05, 4.69) is 15.1 Å². The van der Waals surface area contributed by atoms with E-state index in [4.69, 9.17) is 0 Å². The van der Waals surface area contributed by atoms with E-state index >= 15 is 0 Å². The molecule has 148 valence electrons. The highest BCUT2D eigenvalue weighted by Crippen LogP contribution is 2.19. The number of anilines is 1. The number of nitrogens with one attached hydrogen (secondary N) is 1. The van der Waals surface area contributed by atoms with Crippen LogP contribution in [0.5, 0.6) is 5.75 Å². The van der Waals surface area contributed by atoms with Gasteiger partial charge in [0.1, 0.15) is 5.75 Å².